The van der Waals surface area contributed by atoms with Crippen LogP contribution in [-0.4, -0.2) is 37.4 Å². The van der Waals surface area contributed by atoms with Crippen molar-refractivity contribution in [3.8, 4) is 5.75 Å². The van der Waals surface area contributed by atoms with Crippen LogP contribution in [0.5, 0.6) is 5.75 Å². The monoisotopic (exact) mass is 539 g/mol. The number of hydrogen-bond donors (Lipinski definition) is 2. The van der Waals surface area contributed by atoms with Crippen molar-refractivity contribution in [2.24, 2.45) is 5.92 Å². The summed E-state index contributed by atoms with van der Waals surface area (Å²) in [5.41, 5.74) is -0.796. The summed E-state index contributed by atoms with van der Waals surface area (Å²) < 4.78 is 45.2. The molecule has 0 aliphatic carbocycles. The van der Waals surface area contributed by atoms with E-state index in [1.807, 2.05) is 0 Å². The number of rotatable bonds is 8. The number of alkyl halides is 3. The lowest BCUT2D eigenvalue weighted by molar-refractivity contribution is -0.137. The Kier molecular flexibility index (Phi) is 7.98. The third-order valence-corrected chi connectivity index (χ3v) is 5.49. The van der Waals surface area contributed by atoms with Gasteiger partial charge >= 0.3 is 6.18 Å². The molecule has 34 heavy (non-hydrogen) atoms. The van der Waals surface area contributed by atoms with Crippen molar-refractivity contribution in [3.05, 3.63) is 65.2 Å². The Morgan fingerprint density at radius 2 is 1.91 bits per heavy atom. The minimum Gasteiger partial charge on any atom is -0.484 e. The Bertz CT molecular complexity index is 1090. The first-order valence-electron chi connectivity index (χ1n) is 10.2. The lowest BCUT2D eigenvalue weighted by Crippen LogP contribution is -2.32. The summed E-state index contributed by atoms with van der Waals surface area (Å²) in [6.45, 7) is 3.58. The maximum Gasteiger partial charge on any atom is 0.418 e. The van der Waals surface area contributed by atoms with Gasteiger partial charge in [0.2, 0.25) is 11.8 Å². The molecular formula is C23H21BrF3N3O4. The van der Waals surface area contributed by atoms with Gasteiger partial charge in [-0.2, -0.15) is 13.2 Å². The summed E-state index contributed by atoms with van der Waals surface area (Å²) >= 11 is 2.99. The number of carbonyl (C=O) groups excluding carboxylic acids is 3. The Hall–Kier alpha value is -3.34. The predicted molar refractivity (Wildman–Crippen MR) is 123 cm³/mol. The van der Waals surface area contributed by atoms with Crippen LogP contribution in [0.4, 0.5) is 24.5 Å². The molecule has 3 rings (SSSR count). The quantitative estimate of drug-likeness (QED) is 0.493. The first-order chi connectivity index (χ1) is 16.1. The van der Waals surface area contributed by atoms with Gasteiger partial charge in [0.1, 0.15) is 5.75 Å². The van der Waals surface area contributed by atoms with Crippen molar-refractivity contribution < 1.29 is 32.3 Å². The molecule has 7 nitrogen and oxygen atoms in total. The SMILES string of the molecule is C=CCNC(=O)[C@@H]1CC(=O)N(c2ccc(OCC(=O)Nc3ccc(Br)cc3C(F)(F)F)cc2)C1. The number of benzene rings is 2. The zero-order chi connectivity index (χ0) is 24.9. The second-order valence-electron chi connectivity index (χ2n) is 7.46. The Labute approximate surface area is 202 Å². The fraction of sp³-hybridized carbons (Fsp3) is 0.261. The largest absolute Gasteiger partial charge is 0.484 e. The molecule has 1 fully saturated rings. The zero-order valence-electron chi connectivity index (χ0n) is 17.8. The van der Waals surface area contributed by atoms with Gasteiger partial charge < -0.3 is 20.3 Å². The Balaban J connectivity index is 1.57. The van der Waals surface area contributed by atoms with Crippen LogP contribution in [0.2, 0.25) is 0 Å². The van der Waals surface area contributed by atoms with E-state index in [-0.39, 0.29) is 40.7 Å². The van der Waals surface area contributed by atoms with Crippen LogP contribution < -0.4 is 20.3 Å². The van der Waals surface area contributed by atoms with Crippen molar-refractivity contribution in [2.45, 2.75) is 12.6 Å². The van der Waals surface area contributed by atoms with Crippen molar-refractivity contribution >= 4 is 45.0 Å². The fourth-order valence-electron chi connectivity index (χ4n) is 3.37. The normalized spacial score (nSPS) is 15.7. The third kappa shape index (κ3) is 6.37. The number of amides is 3. The maximum absolute atomic E-state index is 13.2. The van der Waals surface area contributed by atoms with E-state index in [9.17, 15) is 27.6 Å². The Morgan fingerprint density at radius 1 is 1.21 bits per heavy atom. The van der Waals surface area contributed by atoms with E-state index in [2.05, 4.69) is 33.1 Å². The summed E-state index contributed by atoms with van der Waals surface area (Å²) in [7, 11) is 0. The summed E-state index contributed by atoms with van der Waals surface area (Å²) in [5.74, 6) is -1.35. The van der Waals surface area contributed by atoms with Gasteiger partial charge in [-0.1, -0.05) is 22.0 Å². The van der Waals surface area contributed by atoms with Gasteiger partial charge in [0.15, 0.2) is 6.61 Å². The summed E-state index contributed by atoms with van der Waals surface area (Å²) in [6, 6.07) is 9.68. The number of ether oxygens (including phenoxy) is 1. The highest BCUT2D eigenvalue weighted by atomic mass is 79.9. The molecule has 1 aliphatic heterocycles. The number of halogens is 4. The van der Waals surface area contributed by atoms with Gasteiger partial charge in [-0.15, -0.1) is 6.58 Å². The number of hydrogen-bond acceptors (Lipinski definition) is 4. The molecule has 0 saturated carbocycles. The molecule has 1 saturated heterocycles. The van der Waals surface area contributed by atoms with E-state index in [0.29, 0.717) is 12.2 Å². The van der Waals surface area contributed by atoms with Gasteiger partial charge in [0.25, 0.3) is 5.91 Å². The van der Waals surface area contributed by atoms with Crippen molar-refractivity contribution in [2.75, 3.05) is 29.9 Å². The van der Waals surface area contributed by atoms with E-state index >= 15 is 0 Å². The molecule has 0 bridgehead atoms. The minimum atomic E-state index is -4.64. The van der Waals surface area contributed by atoms with E-state index in [0.717, 1.165) is 12.1 Å². The molecule has 2 N–H and O–H groups in total. The second-order valence-corrected chi connectivity index (χ2v) is 8.37. The average Bonchev–Trinajstić information content (AvgIpc) is 3.18. The number of anilines is 2. The average molecular weight is 540 g/mol. The molecule has 180 valence electrons. The summed E-state index contributed by atoms with van der Waals surface area (Å²) in [4.78, 5) is 38.0. The first kappa shape index (κ1) is 25.3. The van der Waals surface area contributed by atoms with Crippen LogP contribution in [0.1, 0.15) is 12.0 Å². The summed E-state index contributed by atoms with van der Waals surface area (Å²) in [5, 5.41) is 4.88. The smallest absolute Gasteiger partial charge is 0.418 e. The van der Waals surface area contributed by atoms with Crippen LogP contribution in [0.25, 0.3) is 0 Å². The maximum atomic E-state index is 13.2. The van der Waals surface area contributed by atoms with Crippen LogP contribution in [0, 0.1) is 5.92 Å². The molecule has 2 aromatic rings. The first-order valence-corrected chi connectivity index (χ1v) is 11.0. The molecule has 11 heteroatoms. The highest BCUT2D eigenvalue weighted by molar-refractivity contribution is 9.10. The lowest BCUT2D eigenvalue weighted by atomic mass is 10.1. The van der Waals surface area contributed by atoms with Crippen LogP contribution >= 0.6 is 15.9 Å². The molecule has 0 unspecified atom stereocenters. The van der Waals surface area contributed by atoms with E-state index < -0.39 is 30.2 Å². The van der Waals surface area contributed by atoms with Gasteiger partial charge in [-0.3, -0.25) is 14.4 Å². The minimum absolute atomic E-state index is 0.0946. The second kappa shape index (κ2) is 10.7. The van der Waals surface area contributed by atoms with Gasteiger partial charge in [-0.05, 0) is 42.5 Å². The van der Waals surface area contributed by atoms with Crippen molar-refractivity contribution in [1.29, 1.82) is 0 Å². The zero-order valence-corrected chi connectivity index (χ0v) is 19.4. The molecule has 1 aliphatic rings. The van der Waals surface area contributed by atoms with Gasteiger partial charge in [0.05, 0.1) is 17.2 Å². The van der Waals surface area contributed by atoms with E-state index in [1.165, 1.54) is 23.1 Å². The molecule has 0 spiro atoms. The van der Waals surface area contributed by atoms with Crippen molar-refractivity contribution in [1.82, 2.24) is 5.32 Å². The van der Waals surface area contributed by atoms with Crippen LogP contribution in [0.15, 0.2) is 59.6 Å². The Morgan fingerprint density at radius 3 is 2.56 bits per heavy atom. The lowest BCUT2D eigenvalue weighted by Gasteiger charge is -2.17. The van der Waals surface area contributed by atoms with Gasteiger partial charge in [-0.25, -0.2) is 0 Å². The molecular weight excluding hydrogens is 519 g/mol. The molecule has 0 aromatic heterocycles. The number of nitrogens with zero attached hydrogens (tertiary/aromatic N) is 1. The number of carbonyl (C=O) groups is 3. The van der Waals surface area contributed by atoms with Crippen LogP contribution in [0.3, 0.4) is 0 Å². The summed E-state index contributed by atoms with van der Waals surface area (Å²) in [6.07, 6.45) is -2.99. The third-order valence-electron chi connectivity index (χ3n) is 5.00. The molecule has 3 amide bonds. The highest BCUT2D eigenvalue weighted by Crippen LogP contribution is 2.36. The predicted octanol–water partition coefficient (Wildman–Crippen LogP) is 4.14. The topological polar surface area (TPSA) is 87.7 Å². The van der Waals surface area contributed by atoms with E-state index in [1.54, 1.807) is 18.2 Å². The van der Waals surface area contributed by atoms with Gasteiger partial charge in [0, 0.05) is 29.7 Å². The highest BCUT2D eigenvalue weighted by Gasteiger charge is 2.35. The number of nitrogens with one attached hydrogen (secondary N) is 2. The molecule has 1 heterocycles. The van der Waals surface area contributed by atoms with Crippen LogP contribution in [-0.2, 0) is 20.6 Å². The van der Waals surface area contributed by atoms with Crippen molar-refractivity contribution in [3.63, 3.8) is 0 Å². The fourth-order valence-corrected chi connectivity index (χ4v) is 3.73. The molecule has 1 atom stereocenters. The van der Waals surface area contributed by atoms with E-state index in [4.69, 9.17) is 4.74 Å². The molecule has 2 aromatic carbocycles. The molecule has 0 radical (unpaired) electrons. The standard InChI is InChI=1S/C23H21BrF3N3O4/c1-2-9-28-22(33)14-10-21(32)30(12-14)16-4-6-17(7-5-16)34-13-20(31)29-19-8-3-15(24)11-18(19)23(25,26)27/h2-8,11,14H,1,9-10,12-13H2,(H,28,33)(H,29,31)/t14-/m1/s1.